The molecule has 0 heterocycles. The third kappa shape index (κ3) is 7.46. The van der Waals surface area contributed by atoms with E-state index in [0.717, 1.165) is 11.1 Å². The Morgan fingerprint density at radius 2 is 1.54 bits per heavy atom. The minimum absolute atomic E-state index is 0.0313. The molecule has 0 saturated heterocycles. The largest absolute Gasteiger partial charge is 0.445 e. The molecular formula is C20H23N3O5. The van der Waals surface area contributed by atoms with Gasteiger partial charge in [0.1, 0.15) is 12.6 Å². The van der Waals surface area contributed by atoms with Gasteiger partial charge in [-0.05, 0) is 17.5 Å². The number of hydroxylamine groups is 1. The van der Waals surface area contributed by atoms with E-state index < -0.39 is 18.0 Å². The highest BCUT2D eigenvalue weighted by Crippen LogP contribution is 2.03. The molecule has 0 aliphatic rings. The van der Waals surface area contributed by atoms with E-state index in [9.17, 15) is 14.4 Å². The number of aryl methyl sites for hydroxylation is 1. The third-order valence-electron chi connectivity index (χ3n) is 3.92. The zero-order valence-electron chi connectivity index (χ0n) is 15.3. The average Bonchev–Trinajstić information content (AvgIpc) is 2.74. The SMILES string of the molecule is O=C(CCc1ccccc1)NC[C@@H](NC(=O)OCc1ccccc1)C(=O)NO. The van der Waals surface area contributed by atoms with Crippen molar-refractivity contribution in [3.8, 4) is 0 Å². The molecule has 148 valence electrons. The summed E-state index contributed by atoms with van der Waals surface area (Å²) in [6.45, 7) is -0.149. The summed E-state index contributed by atoms with van der Waals surface area (Å²) in [6.07, 6.45) is -0.0533. The summed E-state index contributed by atoms with van der Waals surface area (Å²) in [5, 5.41) is 13.7. The van der Waals surface area contributed by atoms with E-state index in [1.165, 1.54) is 5.48 Å². The summed E-state index contributed by atoms with van der Waals surface area (Å²) in [7, 11) is 0. The van der Waals surface area contributed by atoms with Crippen molar-refractivity contribution in [1.29, 1.82) is 0 Å². The Labute approximate surface area is 162 Å². The first kappa shape index (κ1) is 20.9. The maximum absolute atomic E-state index is 12.0. The topological polar surface area (TPSA) is 117 Å². The van der Waals surface area contributed by atoms with Crippen LogP contribution in [-0.2, 0) is 27.4 Å². The van der Waals surface area contributed by atoms with Crippen LogP contribution in [0.3, 0.4) is 0 Å². The summed E-state index contributed by atoms with van der Waals surface area (Å²) in [4.78, 5) is 35.6. The number of alkyl carbamates (subject to hydrolysis) is 1. The van der Waals surface area contributed by atoms with Crippen molar-refractivity contribution in [2.45, 2.75) is 25.5 Å². The number of ether oxygens (including phenoxy) is 1. The van der Waals surface area contributed by atoms with Crippen LogP contribution in [0.5, 0.6) is 0 Å². The minimum Gasteiger partial charge on any atom is -0.445 e. The lowest BCUT2D eigenvalue weighted by molar-refractivity contribution is -0.131. The van der Waals surface area contributed by atoms with E-state index in [-0.39, 0.29) is 25.5 Å². The molecule has 1 atom stereocenters. The number of carbonyl (C=O) groups excluding carboxylic acids is 3. The van der Waals surface area contributed by atoms with Crippen LogP contribution in [0.15, 0.2) is 60.7 Å². The van der Waals surface area contributed by atoms with Crippen molar-refractivity contribution in [2.24, 2.45) is 0 Å². The van der Waals surface area contributed by atoms with Gasteiger partial charge >= 0.3 is 6.09 Å². The number of nitrogens with one attached hydrogen (secondary N) is 3. The van der Waals surface area contributed by atoms with Crippen LogP contribution in [0.4, 0.5) is 4.79 Å². The first-order chi connectivity index (χ1) is 13.6. The van der Waals surface area contributed by atoms with Crippen molar-refractivity contribution in [1.82, 2.24) is 16.1 Å². The Balaban J connectivity index is 1.77. The van der Waals surface area contributed by atoms with E-state index in [4.69, 9.17) is 9.94 Å². The van der Waals surface area contributed by atoms with Crippen LogP contribution in [0.1, 0.15) is 17.5 Å². The van der Waals surface area contributed by atoms with Gasteiger partial charge in [0, 0.05) is 13.0 Å². The lowest BCUT2D eigenvalue weighted by atomic mass is 10.1. The first-order valence-electron chi connectivity index (χ1n) is 8.80. The van der Waals surface area contributed by atoms with Gasteiger partial charge in [0.2, 0.25) is 5.91 Å². The second-order valence-corrected chi connectivity index (χ2v) is 6.02. The van der Waals surface area contributed by atoms with Crippen LogP contribution in [0, 0.1) is 0 Å². The molecule has 0 spiro atoms. The molecule has 2 aromatic carbocycles. The average molecular weight is 385 g/mol. The van der Waals surface area contributed by atoms with E-state index in [1.807, 2.05) is 48.5 Å². The molecule has 8 heteroatoms. The predicted molar refractivity (Wildman–Crippen MR) is 101 cm³/mol. The van der Waals surface area contributed by atoms with E-state index in [1.54, 1.807) is 12.1 Å². The third-order valence-corrected chi connectivity index (χ3v) is 3.92. The summed E-state index contributed by atoms with van der Waals surface area (Å²) in [5.74, 6) is -1.14. The van der Waals surface area contributed by atoms with Crippen LogP contribution in [0.2, 0.25) is 0 Å². The molecule has 28 heavy (non-hydrogen) atoms. The Morgan fingerprint density at radius 1 is 0.929 bits per heavy atom. The van der Waals surface area contributed by atoms with Crippen molar-refractivity contribution in [2.75, 3.05) is 6.54 Å². The minimum atomic E-state index is -1.17. The highest BCUT2D eigenvalue weighted by molar-refractivity contribution is 5.86. The summed E-state index contributed by atoms with van der Waals surface area (Å²) in [5.41, 5.74) is 3.27. The fourth-order valence-electron chi connectivity index (χ4n) is 2.40. The Morgan fingerprint density at radius 3 is 2.14 bits per heavy atom. The standard InChI is InChI=1S/C20H23N3O5/c24-18(12-11-15-7-3-1-4-8-15)21-13-17(19(25)23-27)22-20(26)28-14-16-9-5-2-6-10-16/h1-10,17,27H,11-14H2,(H,21,24)(H,22,26)(H,23,25)/t17-/m1/s1. The van der Waals surface area contributed by atoms with Crippen LogP contribution >= 0.6 is 0 Å². The monoisotopic (exact) mass is 385 g/mol. The van der Waals surface area contributed by atoms with Gasteiger partial charge in [-0.2, -0.15) is 0 Å². The molecule has 2 aromatic rings. The number of benzene rings is 2. The Bertz CT molecular complexity index is 768. The zero-order chi connectivity index (χ0) is 20.2. The van der Waals surface area contributed by atoms with Crippen molar-refractivity contribution < 1.29 is 24.3 Å². The molecular weight excluding hydrogens is 362 g/mol. The maximum atomic E-state index is 12.0. The highest BCUT2D eigenvalue weighted by atomic mass is 16.5. The first-order valence-corrected chi connectivity index (χ1v) is 8.80. The highest BCUT2D eigenvalue weighted by Gasteiger charge is 2.22. The van der Waals surface area contributed by atoms with E-state index in [2.05, 4.69) is 10.6 Å². The molecule has 2 rings (SSSR count). The normalized spacial score (nSPS) is 11.2. The number of hydrogen-bond acceptors (Lipinski definition) is 5. The van der Waals surface area contributed by atoms with Crippen LogP contribution in [0.25, 0.3) is 0 Å². The maximum Gasteiger partial charge on any atom is 0.408 e. The van der Waals surface area contributed by atoms with Gasteiger partial charge in [-0.15, -0.1) is 0 Å². The fourth-order valence-corrected chi connectivity index (χ4v) is 2.40. The lowest BCUT2D eigenvalue weighted by Crippen LogP contribution is -2.52. The number of hydrogen-bond donors (Lipinski definition) is 4. The molecule has 0 unspecified atom stereocenters. The molecule has 8 nitrogen and oxygen atoms in total. The molecule has 0 radical (unpaired) electrons. The molecule has 0 fully saturated rings. The number of rotatable bonds is 9. The van der Waals surface area contributed by atoms with Gasteiger partial charge in [-0.3, -0.25) is 14.8 Å². The quantitative estimate of drug-likeness (QED) is 0.386. The summed E-state index contributed by atoms with van der Waals surface area (Å²) < 4.78 is 5.04. The Kier molecular flexibility index (Phi) is 8.48. The van der Waals surface area contributed by atoms with Crippen molar-refractivity contribution in [3.63, 3.8) is 0 Å². The number of amides is 3. The van der Waals surface area contributed by atoms with Crippen molar-refractivity contribution in [3.05, 3.63) is 71.8 Å². The molecule has 0 aliphatic heterocycles. The van der Waals surface area contributed by atoms with E-state index in [0.29, 0.717) is 6.42 Å². The second kappa shape index (κ2) is 11.3. The molecule has 4 N–H and O–H groups in total. The van der Waals surface area contributed by atoms with Gasteiger partial charge in [0.25, 0.3) is 5.91 Å². The second-order valence-electron chi connectivity index (χ2n) is 6.02. The Hall–Kier alpha value is -3.39. The lowest BCUT2D eigenvalue weighted by Gasteiger charge is -2.17. The van der Waals surface area contributed by atoms with Crippen LogP contribution in [-0.4, -0.2) is 35.7 Å². The number of carbonyl (C=O) groups is 3. The fraction of sp³-hybridized carbons (Fsp3) is 0.250. The van der Waals surface area contributed by atoms with Gasteiger partial charge < -0.3 is 15.4 Å². The van der Waals surface area contributed by atoms with Gasteiger partial charge in [-0.1, -0.05) is 60.7 Å². The summed E-state index contributed by atoms with van der Waals surface area (Å²) in [6, 6.07) is 17.4. The smallest absolute Gasteiger partial charge is 0.408 e. The van der Waals surface area contributed by atoms with Crippen molar-refractivity contribution >= 4 is 17.9 Å². The molecule has 0 aliphatic carbocycles. The molecule has 0 bridgehead atoms. The van der Waals surface area contributed by atoms with Gasteiger partial charge in [-0.25, -0.2) is 10.3 Å². The van der Waals surface area contributed by atoms with E-state index >= 15 is 0 Å². The molecule has 0 aromatic heterocycles. The molecule has 3 amide bonds. The van der Waals surface area contributed by atoms with Crippen LogP contribution < -0.4 is 16.1 Å². The summed E-state index contributed by atoms with van der Waals surface area (Å²) >= 11 is 0. The van der Waals surface area contributed by atoms with Gasteiger partial charge in [0.05, 0.1) is 0 Å². The molecule has 0 saturated carbocycles. The zero-order valence-corrected chi connectivity index (χ0v) is 15.3. The predicted octanol–water partition coefficient (Wildman–Crippen LogP) is 1.54. The van der Waals surface area contributed by atoms with Gasteiger partial charge in [0.15, 0.2) is 0 Å².